The molecule has 2 aromatic carbocycles. The van der Waals surface area contributed by atoms with E-state index in [4.69, 9.17) is 23.7 Å². The van der Waals surface area contributed by atoms with Gasteiger partial charge in [0.1, 0.15) is 35.3 Å². The average molecular weight is 563 g/mol. The van der Waals surface area contributed by atoms with E-state index >= 15 is 4.39 Å². The third-order valence-corrected chi connectivity index (χ3v) is 8.06. The molecule has 2 aliphatic heterocycles. The molecule has 0 bridgehead atoms. The second kappa shape index (κ2) is 12.9. The summed E-state index contributed by atoms with van der Waals surface area (Å²) in [6.45, 7) is 10.4. The summed E-state index contributed by atoms with van der Waals surface area (Å²) < 4.78 is 43.7. The molecule has 0 saturated carbocycles. The van der Waals surface area contributed by atoms with Crippen molar-refractivity contribution >= 4 is 11.5 Å². The van der Waals surface area contributed by atoms with Crippen molar-refractivity contribution in [3.63, 3.8) is 0 Å². The molecule has 3 aliphatic rings. The molecule has 0 radical (unpaired) electrons. The predicted octanol–water partition coefficient (Wildman–Crippen LogP) is 7.32. The summed E-state index contributed by atoms with van der Waals surface area (Å²) >= 11 is 0. The molecule has 1 aliphatic carbocycles. The molecule has 1 fully saturated rings. The number of hydrogen-bond donors (Lipinski definition) is 0. The highest BCUT2D eigenvalue weighted by Crippen LogP contribution is 2.40. The van der Waals surface area contributed by atoms with Gasteiger partial charge < -0.3 is 23.7 Å². The molecular weight excluding hydrogens is 523 g/mol. The highest BCUT2D eigenvalue weighted by Gasteiger charge is 2.28. The van der Waals surface area contributed by atoms with Crippen molar-refractivity contribution in [2.24, 2.45) is 0 Å². The number of allylic oxidation sites excluding steroid dienone is 4. The third kappa shape index (κ3) is 7.02. The predicted molar refractivity (Wildman–Crippen MR) is 156 cm³/mol. The Labute approximate surface area is 241 Å². The molecule has 5 rings (SSSR count). The van der Waals surface area contributed by atoms with E-state index in [0.717, 1.165) is 65.2 Å². The van der Waals surface area contributed by atoms with Gasteiger partial charge in [-0.1, -0.05) is 18.7 Å². The molecule has 0 aromatic heterocycles. The van der Waals surface area contributed by atoms with Crippen LogP contribution in [-0.2, 0) is 14.3 Å². The van der Waals surface area contributed by atoms with Crippen LogP contribution in [0, 0.1) is 13.8 Å². The summed E-state index contributed by atoms with van der Waals surface area (Å²) in [5, 5.41) is 0. The van der Waals surface area contributed by atoms with Crippen LogP contribution in [0.1, 0.15) is 66.7 Å². The molecule has 6 nitrogen and oxygen atoms in total. The van der Waals surface area contributed by atoms with Gasteiger partial charge in [-0.3, -0.25) is 4.79 Å². The Bertz CT molecular complexity index is 1330. The standard InChI is InChI=1S/C34H39FO6/c1-21-5-7-27(41-28-8-10-31-24(17-33(36)37-4)20-39-32(31)19-28)18-25(35)6-9-30(21)34-22(2)15-29(16-23(34)3)40-26-11-13-38-14-12-26/h6,8-10,15-16,19,24,26-27H,1,5,7,11-14,17-18,20H2,2-4H3/b25-6+,30-9+. The molecule has 2 aromatic rings. The number of halogens is 1. The third-order valence-electron chi connectivity index (χ3n) is 8.06. The summed E-state index contributed by atoms with van der Waals surface area (Å²) in [6.07, 6.45) is 6.69. The Balaban J connectivity index is 1.27. The summed E-state index contributed by atoms with van der Waals surface area (Å²) in [5.74, 6) is 1.61. The van der Waals surface area contributed by atoms with Gasteiger partial charge in [0.25, 0.3) is 0 Å². The number of hydrogen-bond acceptors (Lipinski definition) is 6. The summed E-state index contributed by atoms with van der Waals surface area (Å²) in [6, 6.07) is 9.75. The van der Waals surface area contributed by atoms with Crippen molar-refractivity contribution in [3.05, 3.63) is 82.7 Å². The normalized spacial score (nSPS) is 24.0. The van der Waals surface area contributed by atoms with Crippen LogP contribution in [0.25, 0.3) is 5.57 Å². The minimum atomic E-state index is -0.362. The molecule has 2 unspecified atom stereocenters. The highest BCUT2D eigenvalue weighted by atomic mass is 19.1. The van der Waals surface area contributed by atoms with Crippen LogP contribution in [0.4, 0.5) is 4.39 Å². The fraction of sp³-hybridized carbons (Fsp3) is 0.441. The van der Waals surface area contributed by atoms with Gasteiger partial charge in [0.2, 0.25) is 0 Å². The van der Waals surface area contributed by atoms with Gasteiger partial charge in [-0.25, -0.2) is 4.39 Å². The van der Waals surface area contributed by atoms with Crippen LogP contribution in [0.15, 0.2) is 60.5 Å². The number of ether oxygens (including phenoxy) is 5. The van der Waals surface area contributed by atoms with E-state index in [1.165, 1.54) is 13.2 Å². The van der Waals surface area contributed by atoms with Crippen molar-refractivity contribution in [2.45, 2.75) is 70.5 Å². The van der Waals surface area contributed by atoms with Gasteiger partial charge in [-0.05, 0) is 78.8 Å². The fourth-order valence-electron chi connectivity index (χ4n) is 5.89. The van der Waals surface area contributed by atoms with Gasteiger partial charge in [0.05, 0.1) is 33.4 Å². The van der Waals surface area contributed by atoms with Crippen molar-refractivity contribution in [2.75, 3.05) is 26.9 Å². The van der Waals surface area contributed by atoms with E-state index in [-0.39, 0.29) is 42.8 Å². The zero-order valence-electron chi connectivity index (χ0n) is 24.2. The first-order chi connectivity index (χ1) is 19.8. The van der Waals surface area contributed by atoms with Gasteiger partial charge in [-0.2, -0.15) is 0 Å². The highest BCUT2D eigenvalue weighted by molar-refractivity contribution is 5.83. The Morgan fingerprint density at radius 2 is 1.73 bits per heavy atom. The maximum atomic E-state index is 15.1. The lowest BCUT2D eigenvalue weighted by molar-refractivity contribution is -0.141. The maximum Gasteiger partial charge on any atom is 0.306 e. The van der Waals surface area contributed by atoms with Crippen LogP contribution in [0.2, 0.25) is 0 Å². The number of carbonyl (C=O) groups excluding carboxylic acids is 1. The fourth-order valence-corrected chi connectivity index (χ4v) is 5.89. The zero-order chi connectivity index (χ0) is 28.9. The van der Waals surface area contributed by atoms with E-state index in [2.05, 4.69) is 32.6 Å². The minimum absolute atomic E-state index is 0.0426. The average Bonchev–Trinajstić information content (AvgIpc) is 3.36. The van der Waals surface area contributed by atoms with Crippen LogP contribution in [-0.4, -0.2) is 45.1 Å². The van der Waals surface area contributed by atoms with Gasteiger partial charge >= 0.3 is 5.97 Å². The maximum absolute atomic E-state index is 15.1. The number of aryl methyl sites for hydroxylation is 2. The van der Waals surface area contributed by atoms with Crippen molar-refractivity contribution < 1.29 is 32.9 Å². The van der Waals surface area contributed by atoms with Gasteiger partial charge in [0.15, 0.2) is 0 Å². The molecule has 41 heavy (non-hydrogen) atoms. The first-order valence-electron chi connectivity index (χ1n) is 14.4. The van der Waals surface area contributed by atoms with Crippen LogP contribution in [0.5, 0.6) is 17.2 Å². The second-order valence-electron chi connectivity index (χ2n) is 11.1. The summed E-state index contributed by atoms with van der Waals surface area (Å²) in [5.41, 5.74) is 6.05. The lowest BCUT2D eigenvalue weighted by Crippen LogP contribution is -2.25. The van der Waals surface area contributed by atoms with E-state index in [0.29, 0.717) is 30.9 Å². The van der Waals surface area contributed by atoms with Crippen molar-refractivity contribution in [1.82, 2.24) is 0 Å². The Morgan fingerprint density at radius 3 is 2.46 bits per heavy atom. The summed E-state index contributed by atoms with van der Waals surface area (Å²) in [7, 11) is 1.39. The number of benzene rings is 2. The Kier molecular flexibility index (Phi) is 9.13. The van der Waals surface area contributed by atoms with Gasteiger partial charge in [0, 0.05) is 36.8 Å². The smallest absolute Gasteiger partial charge is 0.306 e. The Hall–Kier alpha value is -3.58. The lowest BCUT2D eigenvalue weighted by atomic mass is 9.88. The topological polar surface area (TPSA) is 63.2 Å². The number of fused-ring (bicyclic) bond motifs is 1. The SMILES string of the molecule is C=C1CCC(Oc2ccc3c(c2)OCC3CC(=O)OC)C/C(F)=C\C=C/1c1c(C)cc(OC2CCOCC2)cc1C. The van der Waals surface area contributed by atoms with Crippen LogP contribution in [0.3, 0.4) is 0 Å². The quantitative estimate of drug-likeness (QED) is 0.330. The van der Waals surface area contributed by atoms with E-state index in [1.54, 1.807) is 0 Å². The first-order valence-corrected chi connectivity index (χ1v) is 14.4. The Morgan fingerprint density at radius 1 is 1.00 bits per heavy atom. The molecule has 1 saturated heterocycles. The lowest BCUT2D eigenvalue weighted by Gasteiger charge is -2.25. The molecular formula is C34H39FO6. The molecule has 7 heteroatoms. The number of methoxy groups -OCH3 is 1. The van der Waals surface area contributed by atoms with Crippen molar-refractivity contribution in [1.29, 1.82) is 0 Å². The molecule has 2 atom stereocenters. The molecule has 0 amide bonds. The molecule has 0 N–H and O–H groups in total. The van der Waals surface area contributed by atoms with E-state index in [9.17, 15) is 4.79 Å². The van der Waals surface area contributed by atoms with Crippen LogP contribution >= 0.6 is 0 Å². The van der Waals surface area contributed by atoms with E-state index < -0.39 is 0 Å². The second-order valence-corrected chi connectivity index (χ2v) is 11.1. The monoisotopic (exact) mass is 562 g/mol. The number of carbonyl (C=O) groups is 1. The summed E-state index contributed by atoms with van der Waals surface area (Å²) in [4.78, 5) is 11.7. The number of rotatable bonds is 7. The minimum Gasteiger partial charge on any atom is -0.492 e. The first kappa shape index (κ1) is 28.9. The van der Waals surface area contributed by atoms with Crippen LogP contribution < -0.4 is 14.2 Å². The molecule has 218 valence electrons. The van der Waals surface area contributed by atoms with E-state index in [1.807, 2.05) is 24.3 Å². The zero-order valence-corrected chi connectivity index (χ0v) is 24.2. The number of esters is 1. The largest absolute Gasteiger partial charge is 0.492 e. The molecule has 0 spiro atoms. The van der Waals surface area contributed by atoms with Crippen molar-refractivity contribution in [3.8, 4) is 17.2 Å². The van der Waals surface area contributed by atoms with Gasteiger partial charge in [-0.15, -0.1) is 0 Å². The molecule has 2 heterocycles.